The fourth-order valence-electron chi connectivity index (χ4n) is 1.31. The fourth-order valence-corrected chi connectivity index (χ4v) is 2.77. The van der Waals surface area contributed by atoms with Crippen molar-refractivity contribution in [2.45, 2.75) is 16.4 Å². The Morgan fingerprint density at radius 1 is 1.06 bits per heavy atom. The maximum absolute atomic E-state index is 11.0. The van der Waals surface area contributed by atoms with E-state index in [1.54, 1.807) is 0 Å². The van der Waals surface area contributed by atoms with Crippen LogP contribution in [0.25, 0.3) is 0 Å². The summed E-state index contributed by atoms with van der Waals surface area (Å²) in [7, 11) is -8.38. The van der Waals surface area contributed by atoms with Gasteiger partial charge in [0.05, 0.1) is 13.7 Å². The first-order valence-electron chi connectivity index (χ1n) is 4.38. The van der Waals surface area contributed by atoms with Crippen LogP contribution in [0.1, 0.15) is 5.56 Å². The van der Waals surface area contributed by atoms with Crippen molar-refractivity contribution in [1.82, 2.24) is 0 Å². The molecule has 3 N–H and O–H groups in total. The highest BCUT2D eigenvalue weighted by molar-refractivity contribution is 7.86. The number of hydrogen-bond acceptors (Lipinski definition) is 6. The van der Waals surface area contributed by atoms with Crippen molar-refractivity contribution in [2.24, 2.45) is 0 Å². The zero-order valence-corrected chi connectivity index (χ0v) is 10.7. The molecule has 0 aliphatic rings. The van der Waals surface area contributed by atoms with Crippen molar-refractivity contribution in [2.75, 3.05) is 7.11 Å². The molecule has 1 rings (SSSR count). The second-order valence-corrected chi connectivity index (χ2v) is 6.00. The van der Waals surface area contributed by atoms with Crippen LogP contribution in [0, 0.1) is 0 Å². The highest BCUT2D eigenvalue weighted by Crippen LogP contribution is 2.30. The van der Waals surface area contributed by atoms with Gasteiger partial charge in [0.15, 0.2) is 0 Å². The summed E-state index contributed by atoms with van der Waals surface area (Å²) in [6.45, 7) is -0.767. The molecule has 8 nitrogen and oxygen atoms in total. The summed E-state index contributed by atoms with van der Waals surface area (Å²) in [4.78, 5) is -1.65. The van der Waals surface area contributed by atoms with E-state index < -0.39 is 36.6 Å². The van der Waals surface area contributed by atoms with Gasteiger partial charge in [0.25, 0.3) is 20.2 Å². The molecule has 0 fully saturated rings. The average molecular weight is 298 g/mol. The zero-order valence-electron chi connectivity index (χ0n) is 9.06. The van der Waals surface area contributed by atoms with Crippen LogP contribution in [0.5, 0.6) is 5.75 Å². The van der Waals surface area contributed by atoms with Crippen molar-refractivity contribution in [1.29, 1.82) is 0 Å². The summed E-state index contributed by atoms with van der Waals surface area (Å²) >= 11 is 0. The maximum atomic E-state index is 11.0. The van der Waals surface area contributed by atoms with Gasteiger partial charge in [-0.1, -0.05) is 0 Å². The van der Waals surface area contributed by atoms with E-state index in [-0.39, 0.29) is 11.3 Å². The van der Waals surface area contributed by atoms with E-state index in [0.29, 0.717) is 6.07 Å². The van der Waals surface area contributed by atoms with Crippen LogP contribution >= 0.6 is 0 Å². The van der Waals surface area contributed by atoms with E-state index in [1.165, 1.54) is 0 Å². The van der Waals surface area contributed by atoms with Crippen molar-refractivity contribution >= 4 is 20.2 Å². The van der Waals surface area contributed by atoms with E-state index in [1.807, 2.05) is 0 Å². The van der Waals surface area contributed by atoms with Crippen LogP contribution in [0.4, 0.5) is 0 Å². The summed E-state index contributed by atoms with van der Waals surface area (Å²) < 4.78 is 66.6. The first-order chi connectivity index (χ1) is 8.11. The molecule has 1 aromatic carbocycles. The summed E-state index contributed by atoms with van der Waals surface area (Å²) in [5.41, 5.74) is -0.262. The van der Waals surface area contributed by atoms with Crippen LogP contribution in [0.2, 0.25) is 0 Å². The van der Waals surface area contributed by atoms with E-state index in [9.17, 15) is 16.8 Å². The maximum Gasteiger partial charge on any atom is 0.298 e. The minimum absolute atomic E-state index is 0.262. The Hall–Kier alpha value is -1.20. The number of ether oxygens (including phenoxy) is 1. The van der Waals surface area contributed by atoms with Gasteiger partial charge in [0.1, 0.15) is 15.5 Å². The lowest BCUT2D eigenvalue weighted by atomic mass is 10.2. The Morgan fingerprint density at radius 2 is 1.56 bits per heavy atom. The Bertz CT molecular complexity index is 603. The van der Waals surface area contributed by atoms with Gasteiger partial charge >= 0.3 is 0 Å². The van der Waals surface area contributed by atoms with Crippen LogP contribution in [0.3, 0.4) is 0 Å². The third-order valence-corrected chi connectivity index (χ3v) is 3.88. The summed E-state index contributed by atoms with van der Waals surface area (Å²) in [5, 5.41) is 8.95. The van der Waals surface area contributed by atoms with E-state index in [4.69, 9.17) is 14.2 Å². The van der Waals surface area contributed by atoms with Crippen molar-refractivity contribution < 1.29 is 35.8 Å². The first kappa shape index (κ1) is 14.9. The Labute approximate surface area is 103 Å². The quantitative estimate of drug-likeness (QED) is 0.643. The molecule has 0 spiro atoms. The average Bonchev–Trinajstić information content (AvgIpc) is 2.24. The Morgan fingerprint density at radius 3 is 1.89 bits per heavy atom. The van der Waals surface area contributed by atoms with Crippen LogP contribution in [-0.2, 0) is 26.8 Å². The lowest BCUT2D eigenvalue weighted by molar-refractivity contribution is 0.276. The number of aliphatic hydroxyl groups excluding tert-OH is 1. The van der Waals surface area contributed by atoms with Gasteiger partial charge in [0, 0.05) is 5.56 Å². The van der Waals surface area contributed by atoms with Gasteiger partial charge in [-0.2, -0.15) is 16.8 Å². The summed E-state index contributed by atoms with van der Waals surface area (Å²) in [6, 6.07) is 1.40. The smallest absolute Gasteiger partial charge is 0.298 e. The third-order valence-electron chi connectivity index (χ3n) is 2.07. The molecule has 0 saturated heterocycles. The van der Waals surface area contributed by atoms with Crippen LogP contribution in [-0.4, -0.2) is 38.2 Å². The number of hydrogen-bond donors (Lipinski definition) is 3. The minimum Gasteiger partial charge on any atom is -0.495 e. The molecule has 0 amide bonds. The van der Waals surface area contributed by atoms with E-state index in [2.05, 4.69) is 4.74 Å². The molecular formula is C8H10O8S2. The summed E-state index contributed by atoms with van der Waals surface area (Å²) in [5.74, 6) is -0.353. The van der Waals surface area contributed by atoms with Gasteiger partial charge in [-0.05, 0) is 12.1 Å². The predicted octanol–water partition coefficient (Wildman–Crippen LogP) is -0.319. The molecule has 0 aromatic heterocycles. The van der Waals surface area contributed by atoms with Crippen LogP contribution in [0.15, 0.2) is 21.9 Å². The molecule has 0 aliphatic heterocycles. The number of aliphatic hydroxyl groups is 1. The van der Waals surface area contributed by atoms with E-state index in [0.717, 1.165) is 13.2 Å². The highest BCUT2D eigenvalue weighted by atomic mass is 32.2. The second kappa shape index (κ2) is 4.82. The molecule has 0 atom stereocenters. The van der Waals surface area contributed by atoms with Gasteiger partial charge in [-0.25, -0.2) is 0 Å². The molecule has 0 bridgehead atoms. The Balaban J connectivity index is 3.76. The molecule has 0 unspecified atom stereocenters. The number of benzene rings is 1. The van der Waals surface area contributed by atoms with Crippen molar-refractivity contribution in [3.8, 4) is 5.75 Å². The molecule has 0 radical (unpaired) electrons. The summed E-state index contributed by atoms with van der Waals surface area (Å²) in [6.07, 6.45) is 0. The lowest BCUT2D eigenvalue weighted by Crippen LogP contribution is -2.09. The van der Waals surface area contributed by atoms with E-state index >= 15 is 0 Å². The van der Waals surface area contributed by atoms with Crippen LogP contribution < -0.4 is 4.74 Å². The first-order valence-corrected chi connectivity index (χ1v) is 7.26. The number of rotatable bonds is 4. The second-order valence-electron chi connectivity index (χ2n) is 3.22. The zero-order chi connectivity index (χ0) is 14.1. The molecule has 0 aliphatic carbocycles. The molecule has 0 saturated carbocycles. The lowest BCUT2D eigenvalue weighted by Gasteiger charge is -2.11. The number of methoxy groups -OCH3 is 1. The standard InChI is InChI=1S/C8H10O8S2/c1-16-6-2-5(4-9)7(17(10,11)12)3-8(6)18(13,14)15/h2-3,9H,4H2,1H3,(H,10,11,12)(H,13,14,15). The Kier molecular flexibility index (Phi) is 3.98. The topological polar surface area (TPSA) is 138 Å². The highest BCUT2D eigenvalue weighted by Gasteiger charge is 2.24. The molecule has 10 heteroatoms. The monoisotopic (exact) mass is 298 g/mol. The van der Waals surface area contributed by atoms with Crippen molar-refractivity contribution in [3.63, 3.8) is 0 Å². The molecular weight excluding hydrogens is 288 g/mol. The third kappa shape index (κ3) is 2.97. The predicted molar refractivity (Wildman–Crippen MR) is 58.5 cm³/mol. The van der Waals surface area contributed by atoms with Gasteiger partial charge in [-0.15, -0.1) is 0 Å². The van der Waals surface area contributed by atoms with Crippen molar-refractivity contribution in [3.05, 3.63) is 17.7 Å². The molecule has 18 heavy (non-hydrogen) atoms. The molecule has 0 heterocycles. The SMILES string of the molecule is COc1cc(CO)c(S(=O)(=O)O)cc1S(=O)(=O)O. The normalized spacial score (nSPS) is 12.4. The minimum atomic E-state index is -4.74. The van der Waals surface area contributed by atoms with Gasteiger partial charge in [-0.3, -0.25) is 9.11 Å². The largest absolute Gasteiger partial charge is 0.495 e. The van der Waals surface area contributed by atoms with Gasteiger partial charge < -0.3 is 9.84 Å². The molecule has 1 aromatic rings. The molecule has 102 valence electrons. The fraction of sp³-hybridized carbons (Fsp3) is 0.250. The van der Waals surface area contributed by atoms with Gasteiger partial charge in [0.2, 0.25) is 0 Å².